The Morgan fingerprint density at radius 2 is 2.28 bits per heavy atom. The number of hydrogen-bond acceptors (Lipinski definition) is 6. The second-order valence-corrected chi connectivity index (χ2v) is 4.87. The van der Waals surface area contributed by atoms with Gasteiger partial charge >= 0.3 is 0 Å². The van der Waals surface area contributed by atoms with Gasteiger partial charge in [-0.1, -0.05) is 5.16 Å². The lowest BCUT2D eigenvalue weighted by atomic mass is 10.2. The van der Waals surface area contributed by atoms with Gasteiger partial charge in [-0.05, 0) is 12.8 Å². The molecule has 2 fully saturated rings. The highest BCUT2D eigenvalue weighted by atomic mass is 16.5. The van der Waals surface area contributed by atoms with Crippen molar-refractivity contribution in [3.8, 4) is 0 Å². The van der Waals surface area contributed by atoms with Gasteiger partial charge in [-0.3, -0.25) is 0 Å². The van der Waals surface area contributed by atoms with Gasteiger partial charge in [-0.2, -0.15) is 4.98 Å². The lowest BCUT2D eigenvalue weighted by Crippen LogP contribution is -2.42. The van der Waals surface area contributed by atoms with Crippen molar-refractivity contribution < 1.29 is 14.0 Å². The minimum absolute atomic E-state index is 0.270. The third-order valence-corrected chi connectivity index (χ3v) is 3.36. The van der Waals surface area contributed by atoms with Crippen LogP contribution in [0, 0.1) is 0 Å². The molecule has 0 aromatic carbocycles. The topological polar surface area (TPSA) is 69.4 Å². The lowest BCUT2D eigenvalue weighted by molar-refractivity contribution is 0.0744. The zero-order valence-corrected chi connectivity index (χ0v) is 10.4. The minimum atomic E-state index is 0.270. The molecule has 0 radical (unpaired) electrons. The van der Waals surface area contributed by atoms with Gasteiger partial charge in [0.05, 0.1) is 19.3 Å². The molecule has 1 aromatic heterocycles. The Bertz CT molecular complexity index is 370. The molecule has 1 N–H and O–H groups in total. The van der Waals surface area contributed by atoms with E-state index in [1.165, 1.54) is 0 Å². The summed E-state index contributed by atoms with van der Waals surface area (Å²) in [6.07, 6.45) is 4.00. The maximum Gasteiger partial charge on any atom is 0.228 e. The molecule has 0 bridgehead atoms. The smallest absolute Gasteiger partial charge is 0.228 e. The van der Waals surface area contributed by atoms with Crippen LogP contribution < -0.4 is 5.32 Å². The largest absolute Gasteiger partial charge is 0.378 e. The molecule has 0 spiro atoms. The molecule has 18 heavy (non-hydrogen) atoms. The van der Waals surface area contributed by atoms with Gasteiger partial charge in [0.2, 0.25) is 5.89 Å². The molecule has 2 atom stereocenters. The summed E-state index contributed by atoms with van der Waals surface area (Å²) < 4.78 is 16.2. The van der Waals surface area contributed by atoms with Gasteiger partial charge in [-0.15, -0.1) is 0 Å². The quantitative estimate of drug-likeness (QED) is 0.833. The first-order valence-corrected chi connectivity index (χ1v) is 6.64. The van der Waals surface area contributed by atoms with Crippen molar-refractivity contribution in [3.63, 3.8) is 0 Å². The first-order chi connectivity index (χ1) is 8.90. The maximum absolute atomic E-state index is 5.56. The number of nitrogens with one attached hydrogen (secondary N) is 1. The zero-order chi connectivity index (χ0) is 12.2. The first kappa shape index (κ1) is 12.1. The summed E-state index contributed by atoms with van der Waals surface area (Å²) >= 11 is 0. The van der Waals surface area contributed by atoms with Crippen LogP contribution in [0.5, 0.6) is 0 Å². The van der Waals surface area contributed by atoms with E-state index in [2.05, 4.69) is 15.5 Å². The summed E-state index contributed by atoms with van der Waals surface area (Å²) in [4.78, 5) is 4.41. The van der Waals surface area contributed by atoms with Crippen LogP contribution in [-0.2, 0) is 22.3 Å². The van der Waals surface area contributed by atoms with E-state index in [4.69, 9.17) is 14.0 Å². The fourth-order valence-electron chi connectivity index (χ4n) is 2.43. The second kappa shape index (κ2) is 5.77. The summed E-state index contributed by atoms with van der Waals surface area (Å²) in [5.41, 5.74) is 0. The molecular formula is C12H19N3O3. The summed E-state index contributed by atoms with van der Waals surface area (Å²) in [5, 5.41) is 7.38. The van der Waals surface area contributed by atoms with E-state index in [1.807, 2.05) is 0 Å². The van der Waals surface area contributed by atoms with Crippen molar-refractivity contribution in [1.82, 2.24) is 15.5 Å². The predicted molar refractivity (Wildman–Crippen MR) is 63.3 cm³/mol. The third-order valence-electron chi connectivity index (χ3n) is 3.36. The second-order valence-electron chi connectivity index (χ2n) is 4.87. The molecule has 0 saturated carbocycles. The Labute approximate surface area is 106 Å². The standard InChI is InChI=1S/C12H19N3O3/c1-2-10(17-4-1)7-11-14-12(18-15-11)6-9-8-16-5-3-13-9/h9-10,13H,1-8H2. The van der Waals surface area contributed by atoms with Crippen LogP contribution in [0.4, 0.5) is 0 Å². The molecule has 0 amide bonds. The minimum Gasteiger partial charge on any atom is -0.378 e. The van der Waals surface area contributed by atoms with E-state index in [0.29, 0.717) is 12.5 Å². The summed E-state index contributed by atoms with van der Waals surface area (Å²) in [7, 11) is 0. The first-order valence-electron chi connectivity index (χ1n) is 6.64. The molecule has 2 aliphatic heterocycles. The van der Waals surface area contributed by atoms with Crippen LogP contribution in [0.1, 0.15) is 24.6 Å². The number of aromatic nitrogens is 2. The van der Waals surface area contributed by atoms with Crippen molar-refractivity contribution in [2.45, 2.75) is 37.8 Å². The zero-order valence-electron chi connectivity index (χ0n) is 10.4. The summed E-state index contributed by atoms with van der Waals surface area (Å²) in [6.45, 7) is 3.24. The van der Waals surface area contributed by atoms with E-state index < -0.39 is 0 Å². The molecule has 0 aliphatic carbocycles. The molecule has 3 rings (SSSR count). The number of hydrogen-bond donors (Lipinski definition) is 1. The van der Waals surface area contributed by atoms with Crippen LogP contribution in [-0.4, -0.2) is 48.7 Å². The molecule has 100 valence electrons. The third kappa shape index (κ3) is 3.07. The van der Waals surface area contributed by atoms with Gasteiger partial charge in [-0.25, -0.2) is 0 Å². The normalized spacial score (nSPS) is 28.7. The van der Waals surface area contributed by atoms with E-state index in [1.54, 1.807) is 0 Å². The Kier molecular flexibility index (Phi) is 3.87. The molecule has 6 nitrogen and oxygen atoms in total. The van der Waals surface area contributed by atoms with Gasteiger partial charge in [0.25, 0.3) is 0 Å². The molecule has 6 heteroatoms. The molecule has 1 aromatic rings. The predicted octanol–water partition coefficient (Wildman–Crippen LogP) is 0.322. The number of ether oxygens (including phenoxy) is 2. The fraction of sp³-hybridized carbons (Fsp3) is 0.833. The van der Waals surface area contributed by atoms with E-state index >= 15 is 0 Å². The number of morpholine rings is 1. The SMILES string of the molecule is C1COC(Cc2noc(CC3COCCN3)n2)C1. The Hall–Kier alpha value is -0.980. The highest BCUT2D eigenvalue weighted by Gasteiger charge is 2.21. The van der Waals surface area contributed by atoms with E-state index in [-0.39, 0.29) is 12.1 Å². The molecular weight excluding hydrogens is 234 g/mol. The van der Waals surface area contributed by atoms with Crippen LogP contribution in [0.3, 0.4) is 0 Å². The van der Waals surface area contributed by atoms with Gasteiger partial charge in [0.1, 0.15) is 0 Å². The number of rotatable bonds is 4. The van der Waals surface area contributed by atoms with Crippen molar-refractivity contribution in [3.05, 3.63) is 11.7 Å². The van der Waals surface area contributed by atoms with E-state index in [9.17, 15) is 0 Å². The summed E-state index contributed by atoms with van der Waals surface area (Å²) in [6, 6.07) is 0.287. The van der Waals surface area contributed by atoms with Crippen molar-refractivity contribution >= 4 is 0 Å². The van der Waals surface area contributed by atoms with Crippen LogP contribution in [0.15, 0.2) is 4.52 Å². The van der Waals surface area contributed by atoms with Crippen LogP contribution in [0.2, 0.25) is 0 Å². The molecule has 3 heterocycles. The summed E-state index contributed by atoms with van der Waals surface area (Å²) in [5.74, 6) is 1.44. The average Bonchev–Trinajstić information content (AvgIpc) is 3.03. The molecule has 2 aliphatic rings. The highest BCUT2D eigenvalue weighted by molar-refractivity contribution is 4.92. The van der Waals surface area contributed by atoms with Crippen LogP contribution in [0.25, 0.3) is 0 Å². The van der Waals surface area contributed by atoms with Gasteiger partial charge in [0.15, 0.2) is 5.82 Å². The van der Waals surface area contributed by atoms with Crippen LogP contribution >= 0.6 is 0 Å². The fourth-order valence-corrected chi connectivity index (χ4v) is 2.43. The van der Waals surface area contributed by atoms with Crippen molar-refractivity contribution in [2.24, 2.45) is 0 Å². The van der Waals surface area contributed by atoms with E-state index in [0.717, 1.165) is 51.3 Å². The van der Waals surface area contributed by atoms with Gasteiger partial charge in [0, 0.05) is 32.0 Å². The maximum atomic E-state index is 5.56. The highest BCUT2D eigenvalue weighted by Crippen LogP contribution is 2.16. The van der Waals surface area contributed by atoms with Crippen molar-refractivity contribution in [2.75, 3.05) is 26.4 Å². The van der Waals surface area contributed by atoms with Gasteiger partial charge < -0.3 is 19.3 Å². The Balaban J connectivity index is 1.52. The monoisotopic (exact) mass is 253 g/mol. The Morgan fingerprint density at radius 3 is 3.06 bits per heavy atom. The van der Waals surface area contributed by atoms with Crippen molar-refractivity contribution in [1.29, 1.82) is 0 Å². The molecule has 2 unspecified atom stereocenters. The number of nitrogens with zero attached hydrogens (tertiary/aromatic N) is 2. The molecule has 2 saturated heterocycles. The Morgan fingerprint density at radius 1 is 1.28 bits per heavy atom. The average molecular weight is 253 g/mol. The lowest BCUT2D eigenvalue weighted by Gasteiger charge is -2.22.